The third kappa shape index (κ3) is 5.02. The van der Waals surface area contributed by atoms with Crippen molar-refractivity contribution in [1.29, 1.82) is 0 Å². The molecule has 1 aromatic carbocycles. The minimum absolute atomic E-state index is 0.141. The lowest BCUT2D eigenvalue weighted by molar-refractivity contribution is 0.0912. The number of anilines is 1. The molecule has 0 unspecified atom stereocenters. The number of carbonyl (C=O) groups excluding carboxylic acids is 1. The van der Waals surface area contributed by atoms with Crippen LogP contribution >= 0.6 is 0 Å². The van der Waals surface area contributed by atoms with Gasteiger partial charge < -0.3 is 10.2 Å². The van der Waals surface area contributed by atoms with Crippen LogP contribution in [0.25, 0.3) is 0 Å². The normalized spacial score (nSPS) is 20.0. The Morgan fingerprint density at radius 2 is 2.14 bits per heavy atom. The van der Waals surface area contributed by atoms with Gasteiger partial charge in [0, 0.05) is 23.8 Å². The van der Waals surface area contributed by atoms with Crippen LogP contribution in [-0.2, 0) is 10.0 Å². The van der Waals surface area contributed by atoms with E-state index >= 15 is 0 Å². The summed E-state index contributed by atoms with van der Waals surface area (Å²) in [6, 6.07) is 6.64. The Hall–Kier alpha value is -1.60. The first-order valence-electron chi connectivity index (χ1n) is 6.91. The minimum Gasteiger partial charge on any atom is -0.348 e. The quantitative estimate of drug-likeness (QED) is 0.865. The van der Waals surface area contributed by atoms with Crippen LogP contribution in [0, 0.1) is 0 Å². The van der Waals surface area contributed by atoms with Gasteiger partial charge in [-0.2, -0.15) is 0 Å². The minimum atomic E-state index is -3.34. The van der Waals surface area contributed by atoms with Gasteiger partial charge >= 0.3 is 0 Å². The molecule has 2 rings (SSSR count). The predicted octanol–water partition coefficient (Wildman–Crippen LogP) is 0.882. The second-order valence-corrected chi connectivity index (χ2v) is 7.28. The summed E-state index contributed by atoms with van der Waals surface area (Å²) >= 11 is 0. The first-order chi connectivity index (χ1) is 9.83. The van der Waals surface area contributed by atoms with Gasteiger partial charge in [0.2, 0.25) is 10.0 Å². The number of rotatable bonds is 4. The summed E-state index contributed by atoms with van der Waals surface area (Å²) in [4.78, 5) is 14.4. The summed E-state index contributed by atoms with van der Waals surface area (Å²) < 4.78 is 24.8. The summed E-state index contributed by atoms with van der Waals surface area (Å²) in [5.74, 6) is -0.174. The number of amides is 1. The Bertz CT molecular complexity index is 616. The van der Waals surface area contributed by atoms with Gasteiger partial charge in [-0.15, -0.1) is 0 Å². The maximum atomic E-state index is 12.2. The molecule has 0 aliphatic carbocycles. The number of nitrogens with one attached hydrogen (secondary N) is 2. The van der Waals surface area contributed by atoms with Crippen molar-refractivity contribution in [2.24, 2.45) is 0 Å². The number of sulfonamides is 1. The third-order valence-corrected chi connectivity index (χ3v) is 3.99. The molecule has 6 nitrogen and oxygen atoms in total. The van der Waals surface area contributed by atoms with E-state index in [0.29, 0.717) is 11.3 Å². The molecule has 1 heterocycles. The zero-order valence-corrected chi connectivity index (χ0v) is 13.1. The molecule has 0 bridgehead atoms. The molecule has 1 fully saturated rings. The summed E-state index contributed by atoms with van der Waals surface area (Å²) in [7, 11) is -1.31. The molecule has 1 aromatic rings. The number of nitrogens with zero attached hydrogens (tertiary/aromatic N) is 1. The highest BCUT2D eigenvalue weighted by atomic mass is 32.2. The van der Waals surface area contributed by atoms with Crippen molar-refractivity contribution >= 4 is 21.6 Å². The molecule has 21 heavy (non-hydrogen) atoms. The van der Waals surface area contributed by atoms with E-state index in [0.717, 1.165) is 32.2 Å². The topological polar surface area (TPSA) is 78.5 Å². The summed E-state index contributed by atoms with van der Waals surface area (Å²) in [5, 5.41) is 3.00. The molecule has 0 spiro atoms. The Morgan fingerprint density at radius 3 is 2.81 bits per heavy atom. The van der Waals surface area contributed by atoms with E-state index < -0.39 is 10.0 Å². The number of carbonyl (C=O) groups is 1. The van der Waals surface area contributed by atoms with Crippen LogP contribution in [0.2, 0.25) is 0 Å². The van der Waals surface area contributed by atoms with Crippen LogP contribution in [0.3, 0.4) is 0 Å². The first-order valence-corrected chi connectivity index (χ1v) is 8.80. The molecular formula is C14H21N3O3S. The van der Waals surface area contributed by atoms with E-state index in [9.17, 15) is 13.2 Å². The molecule has 1 aliphatic heterocycles. The second-order valence-electron chi connectivity index (χ2n) is 5.53. The van der Waals surface area contributed by atoms with Gasteiger partial charge in [-0.3, -0.25) is 9.52 Å². The summed E-state index contributed by atoms with van der Waals surface area (Å²) in [6.45, 7) is 1.90. The van der Waals surface area contributed by atoms with Gasteiger partial charge in [0.15, 0.2) is 0 Å². The molecule has 1 saturated heterocycles. The van der Waals surface area contributed by atoms with Crippen molar-refractivity contribution in [1.82, 2.24) is 10.2 Å². The Morgan fingerprint density at radius 1 is 1.38 bits per heavy atom. The first kappa shape index (κ1) is 15.8. The van der Waals surface area contributed by atoms with Crippen LogP contribution in [0.5, 0.6) is 0 Å². The SMILES string of the molecule is CN1CCC[C@H](NC(=O)c2cccc(NS(C)(=O)=O)c2)C1. The van der Waals surface area contributed by atoms with E-state index in [1.54, 1.807) is 24.3 Å². The number of likely N-dealkylation sites (N-methyl/N-ethyl adjacent to an activating group) is 1. The van der Waals surface area contributed by atoms with Crippen molar-refractivity contribution in [3.63, 3.8) is 0 Å². The van der Waals surface area contributed by atoms with Crippen LogP contribution < -0.4 is 10.0 Å². The summed E-state index contributed by atoms with van der Waals surface area (Å²) in [5.41, 5.74) is 0.850. The van der Waals surface area contributed by atoms with Gasteiger partial charge in [0.05, 0.1) is 6.26 Å². The van der Waals surface area contributed by atoms with E-state index in [-0.39, 0.29) is 11.9 Å². The Labute approximate surface area is 125 Å². The van der Waals surface area contributed by atoms with Gasteiger partial charge in [-0.1, -0.05) is 6.07 Å². The molecule has 116 valence electrons. The lowest BCUT2D eigenvalue weighted by atomic mass is 10.1. The average molecular weight is 311 g/mol. The van der Waals surface area contributed by atoms with Crippen LogP contribution in [0.1, 0.15) is 23.2 Å². The van der Waals surface area contributed by atoms with E-state index in [1.807, 2.05) is 7.05 Å². The molecule has 7 heteroatoms. The number of likely N-dealkylation sites (tertiary alicyclic amines) is 1. The highest BCUT2D eigenvalue weighted by Crippen LogP contribution is 2.13. The number of benzene rings is 1. The van der Waals surface area contributed by atoms with Gasteiger partial charge in [-0.25, -0.2) is 8.42 Å². The molecular weight excluding hydrogens is 290 g/mol. The average Bonchev–Trinajstić information content (AvgIpc) is 2.37. The smallest absolute Gasteiger partial charge is 0.251 e. The maximum absolute atomic E-state index is 12.2. The molecule has 1 atom stereocenters. The maximum Gasteiger partial charge on any atom is 0.251 e. The highest BCUT2D eigenvalue weighted by molar-refractivity contribution is 7.92. The molecule has 2 N–H and O–H groups in total. The van der Waals surface area contributed by atoms with Crippen molar-refractivity contribution in [3.8, 4) is 0 Å². The zero-order chi connectivity index (χ0) is 15.5. The van der Waals surface area contributed by atoms with E-state index in [1.165, 1.54) is 0 Å². The molecule has 0 aromatic heterocycles. The van der Waals surface area contributed by atoms with Crippen LogP contribution in [-0.4, -0.2) is 51.7 Å². The fourth-order valence-electron chi connectivity index (χ4n) is 2.49. The predicted molar refractivity (Wildman–Crippen MR) is 82.9 cm³/mol. The standard InChI is InChI=1S/C14H21N3O3S/c1-17-8-4-7-13(10-17)15-14(18)11-5-3-6-12(9-11)16-21(2,19)20/h3,5-6,9,13,16H,4,7-8,10H2,1-2H3,(H,15,18)/t13-/m0/s1. The Kier molecular flexibility index (Phi) is 4.84. The van der Waals surface area contributed by atoms with Crippen LogP contribution in [0.4, 0.5) is 5.69 Å². The number of hydrogen-bond donors (Lipinski definition) is 2. The highest BCUT2D eigenvalue weighted by Gasteiger charge is 2.19. The monoisotopic (exact) mass is 311 g/mol. The molecule has 1 amide bonds. The van der Waals surface area contributed by atoms with E-state index in [4.69, 9.17) is 0 Å². The van der Waals surface area contributed by atoms with Gasteiger partial charge in [0.25, 0.3) is 5.91 Å². The zero-order valence-electron chi connectivity index (χ0n) is 12.3. The van der Waals surface area contributed by atoms with E-state index in [2.05, 4.69) is 14.9 Å². The molecule has 0 saturated carbocycles. The molecule has 0 radical (unpaired) electrons. The van der Waals surface area contributed by atoms with Crippen molar-refractivity contribution in [2.75, 3.05) is 31.1 Å². The van der Waals surface area contributed by atoms with Crippen LogP contribution in [0.15, 0.2) is 24.3 Å². The largest absolute Gasteiger partial charge is 0.348 e. The lowest BCUT2D eigenvalue weighted by Crippen LogP contribution is -2.46. The third-order valence-electron chi connectivity index (χ3n) is 3.39. The van der Waals surface area contributed by atoms with Gasteiger partial charge in [0.1, 0.15) is 0 Å². The fourth-order valence-corrected chi connectivity index (χ4v) is 3.05. The molecule has 1 aliphatic rings. The lowest BCUT2D eigenvalue weighted by Gasteiger charge is -2.30. The second kappa shape index (κ2) is 6.44. The van der Waals surface area contributed by atoms with Crippen molar-refractivity contribution in [3.05, 3.63) is 29.8 Å². The van der Waals surface area contributed by atoms with Gasteiger partial charge in [-0.05, 0) is 44.6 Å². The number of hydrogen-bond acceptors (Lipinski definition) is 4. The number of piperidine rings is 1. The Balaban J connectivity index is 2.03. The van der Waals surface area contributed by atoms with Crippen molar-refractivity contribution < 1.29 is 13.2 Å². The van der Waals surface area contributed by atoms with Crippen molar-refractivity contribution in [2.45, 2.75) is 18.9 Å². The summed E-state index contributed by atoms with van der Waals surface area (Å²) in [6.07, 6.45) is 3.12. The fraction of sp³-hybridized carbons (Fsp3) is 0.500.